The molecule has 5 rings (SSSR count). The van der Waals surface area contributed by atoms with Gasteiger partial charge in [-0.05, 0) is 60.4 Å². The van der Waals surface area contributed by atoms with Crippen LogP contribution >= 0.6 is 0 Å². The molecule has 1 amide bonds. The van der Waals surface area contributed by atoms with Crippen molar-refractivity contribution in [2.24, 2.45) is 12.8 Å². The number of hydrogen-bond donors (Lipinski definition) is 2. The van der Waals surface area contributed by atoms with Crippen LogP contribution in [0.1, 0.15) is 24.0 Å². The summed E-state index contributed by atoms with van der Waals surface area (Å²) in [6, 6.07) is 11.8. The minimum absolute atomic E-state index is 0.0568. The van der Waals surface area contributed by atoms with Gasteiger partial charge in [-0.3, -0.25) is 9.48 Å². The Kier molecular flexibility index (Phi) is 5.70. The van der Waals surface area contributed by atoms with Gasteiger partial charge in [0.05, 0.1) is 6.20 Å². The van der Waals surface area contributed by atoms with Crippen LogP contribution in [0.15, 0.2) is 55.0 Å². The summed E-state index contributed by atoms with van der Waals surface area (Å²) in [6.45, 7) is 0.817. The number of carbonyl (C=O) groups excluding carboxylic acids is 1. The van der Waals surface area contributed by atoms with Crippen molar-refractivity contribution in [2.75, 3.05) is 11.4 Å². The molecule has 1 aliphatic heterocycles. The summed E-state index contributed by atoms with van der Waals surface area (Å²) in [5, 5.41) is 5.27. The van der Waals surface area contributed by atoms with Crippen LogP contribution in [-0.4, -0.2) is 27.7 Å². The van der Waals surface area contributed by atoms with E-state index in [0.29, 0.717) is 5.56 Å². The summed E-state index contributed by atoms with van der Waals surface area (Å²) >= 11 is 0. The number of halogens is 2. The average molecular weight is 423 g/mol. The first-order valence-electron chi connectivity index (χ1n) is 9.96. The maximum Gasteiger partial charge on any atom is 0.264 e. The first-order valence-corrected chi connectivity index (χ1v) is 9.96. The Morgan fingerprint density at radius 2 is 2.03 bits per heavy atom. The minimum atomic E-state index is -2.54. The molecule has 8 heteroatoms. The topological polar surface area (TPSA) is 79.9 Å². The Labute approximate surface area is 178 Å². The third-order valence-corrected chi connectivity index (χ3v) is 5.47. The summed E-state index contributed by atoms with van der Waals surface area (Å²) in [5.41, 5.74) is 9.61. The summed E-state index contributed by atoms with van der Waals surface area (Å²) in [4.78, 5) is 13.9. The molecule has 0 saturated carbocycles. The maximum atomic E-state index is 13.9. The highest BCUT2D eigenvalue weighted by molar-refractivity contribution is 5.85. The van der Waals surface area contributed by atoms with Crippen molar-refractivity contribution in [2.45, 2.75) is 19.3 Å². The van der Waals surface area contributed by atoms with E-state index in [-0.39, 0.29) is 12.0 Å². The normalized spacial score (nSPS) is 13.1. The second kappa shape index (κ2) is 8.59. The lowest BCUT2D eigenvalue weighted by molar-refractivity contribution is -0.106. The van der Waals surface area contributed by atoms with Crippen molar-refractivity contribution in [3.8, 4) is 11.1 Å². The van der Waals surface area contributed by atoms with E-state index in [2.05, 4.69) is 26.8 Å². The zero-order valence-corrected chi connectivity index (χ0v) is 17.1. The zero-order valence-electron chi connectivity index (χ0n) is 17.1. The number of alkyl halides is 2. The number of aromatic nitrogens is 3. The molecular weight excluding hydrogens is 400 g/mol. The fraction of sp³-hybridized carbons (Fsp3) is 0.217. The quantitative estimate of drug-likeness (QED) is 0.469. The van der Waals surface area contributed by atoms with Crippen LogP contribution in [-0.2, 0) is 18.3 Å². The molecule has 0 bridgehead atoms. The summed E-state index contributed by atoms with van der Waals surface area (Å²) in [7, 11) is 1.79. The lowest BCUT2D eigenvalue weighted by atomic mass is 9.93. The number of hydrogen-bond acceptors (Lipinski definition) is 3. The molecule has 0 atom stereocenters. The molecule has 3 heterocycles. The van der Waals surface area contributed by atoms with Crippen LogP contribution in [0.2, 0.25) is 0 Å². The Bertz CT molecular complexity index is 1210. The van der Waals surface area contributed by atoms with E-state index >= 15 is 0 Å². The number of anilines is 2. The summed E-state index contributed by atoms with van der Waals surface area (Å²) < 4.78 is 29.5. The van der Waals surface area contributed by atoms with Gasteiger partial charge in [-0.2, -0.15) is 5.10 Å². The molecule has 0 unspecified atom stereocenters. The standard InChI is InChI=1S/C22H20F2N4.CH3NO/c1-27-13-16(12-26-27)18-10-15-3-2-8-28(21(15)11-19(18)22(23)24)17-4-5-20-14(9-17)6-7-25-20;2-1-3/h4-7,9-13,22,25H,2-3,8H2,1H3;1H,(H2,2,3). The van der Waals surface area contributed by atoms with Crippen LogP contribution in [0.3, 0.4) is 0 Å². The highest BCUT2D eigenvalue weighted by atomic mass is 19.3. The number of primary amides is 1. The molecule has 0 radical (unpaired) electrons. The molecule has 160 valence electrons. The Morgan fingerprint density at radius 1 is 1.23 bits per heavy atom. The number of fused-ring (bicyclic) bond motifs is 2. The van der Waals surface area contributed by atoms with Gasteiger partial charge in [0.1, 0.15) is 0 Å². The van der Waals surface area contributed by atoms with Gasteiger partial charge in [-0.15, -0.1) is 0 Å². The number of aromatic amines is 1. The highest BCUT2D eigenvalue weighted by Crippen LogP contribution is 2.41. The Hall–Kier alpha value is -3.68. The van der Waals surface area contributed by atoms with Gasteiger partial charge in [-0.25, -0.2) is 8.78 Å². The molecule has 3 N–H and O–H groups in total. The molecule has 31 heavy (non-hydrogen) atoms. The second-order valence-electron chi connectivity index (χ2n) is 7.41. The Balaban J connectivity index is 0.000000730. The van der Waals surface area contributed by atoms with Crippen LogP contribution in [0.25, 0.3) is 22.0 Å². The predicted octanol–water partition coefficient (Wildman–Crippen LogP) is 4.69. The first-order chi connectivity index (χ1) is 15.0. The van der Waals surface area contributed by atoms with Crippen LogP contribution in [0.5, 0.6) is 0 Å². The van der Waals surface area contributed by atoms with Gasteiger partial charge in [-0.1, -0.05) is 0 Å². The van der Waals surface area contributed by atoms with Crippen LogP contribution < -0.4 is 10.6 Å². The number of rotatable bonds is 3. The molecule has 0 spiro atoms. The molecular formula is C23H23F2N5O. The fourth-order valence-electron chi connectivity index (χ4n) is 4.12. The second-order valence-corrected chi connectivity index (χ2v) is 7.41. The van der Waals surface area contributed by atoms with Crippen molar-refractivity contribution >= 4 is 28.7 Å². The molecule has 0 fully saturated rings. The molecule has 0 saturated heterocycles. The molecule has 0 aliphatic carbocycles. The van der Waals surface area contributed by atoms with Gasteiger partial charge in [0, 0.05) is 59.4 Å². The molecule has 2 aromatic heterocycles. The van der Waals surface area contributed by atoms with E-state index in [1.54, 1.807) is 30.2 Å². The number of nitrogens with two attached hydrogens (primary N) is 1. The van der Waals surface area contributed by atoms with Crippen molar-refractivity contribution in [3.63, 3.8) is 0 Å². The molecule has 6 nitrogen and oxygen atoms in total. The lowest BCUT2D eigenvalue weighted by Crippen LogP contribution is -2.24. The van der Waals surface area contributed by atoms with E-state index in [0.717, 1.165) is 52.8 Å². The lowest BCUT2D eigenvalue weighted by Gasteiger charge is -2.32. The fourth-order valence-corrected chi connectivity index (χ4v) is 4.12. The maximum absolute atomic E-state index is 13.9. The predicted molar refractivity (Wildman–Crippen MR) is 117 cm³/mol. The van der Waals surface area contributed by atoms with Gasteiger partial charge < -0.3 is 15.6 Å². The number of nitrogens with one attached hydrogen (secondary N) is 1. The third kappa shape index (κ3) is 4.01. The van der Waals surface area contributed by atoms with Crippen LogP contribution in [0.4, 0.5) is 20.2 Å². The SMILES string of the molecule is Cn1cc(-c2cc3c(cc2C(F)F)N(c2ccc4[nH]ccc4c2)CCC3)cn1.NC=O. The molecule has 4 aromatic rings. The number of amides is 1. The zero-order chi connectivity index (χ0) is 22.0. The van der Waals surface area contributed by atoms with Crippen molar-refractivity contribution in [1.29, 1.82) is 0 Å². The summed E-state index contributed by atoms with van der Waals surface area (Å²) in [5.74, 6) is 0. The summed E-state index contributed by atoms with van der Waals surface area (Å²) in [6.07, 6.45) is 4.92. The van der Waals surface area contributed by atoms with E-state index in [9.17, 15) is 8.78 Å². The molecule has 2 aromatic carbocycles. The highest BCUT2D eigenvalue weighted by Gasteiger charge is 2.24. The largest absolute Gasteiger partial charge is 0.372 e. The number of H-pyrrole nitrogens is 1. The first kappa shape index (κ1) is 20.6. The van der Waals surface area contributed by atoms with E-state index in [4.69, 9.17) is 4.79 Å². The van der Waals surface area contributed by atoms with Crippen molar-refractivity contribution < 1.29 is 13.6 Å². The van der Waals surface area contributed by atoms with Gasteiger partial charge >= 0.3 is 0 Å². The molecule has 1 aliphatic rings. The minimum Gasteiger partial charge on any atom is -0.372 e. The van der Waals surface area contributed by atoms with Crippen molar-refractivity contribution in [3.05, 3.63) is 66.1 Å². The van der Waals surface area contributed by atoms with Gasteiger partial charge in [0.25, 0.3) is 6.43 Å². The number of benzene rings is 2. The van der Waals surface area contributed by atoms with Gasteiger partial charge in [0.2, 0.25) is 6.41 Å². The number of carbonyl (C=O) groups is 1. The van der Waals surface area contributed by atoms with E-state index in [1.807, 2.05) is 30.5 Å². The van der Waals surface area contributed by atoms with Gasteiger partial charge in [0.15, 0.2) is 0 Å². The number of aryl methyl sites for hydroxylation is 2. The van der Waals surface area contributed by atoms with E-state index < -0.39 is 6.43 Å². The van der Waals surface area contributed by atoms with E-state index in [1.165, 1.54) is 0 Å². The monoisotopic (exact) mass is 423 g/mol. The van der Waals surface area contributed by atoms with Crippen molar-refractivity contribution in [1.82, 2.24) is 14.8 Å². The van der Waals surface area contributed by atoms with Crippen LogP contribution in [0, 0.1) is 0 Å². The third-order valence-electron chi connectivity index (χ3n) is 5.47. The number of nitrogens with zero attached hydrogens (tertiary/aromatic N) is 3. The smallest absolute Gasteiger partial charge is 0.264 e. The average Bonchev–Trinajstić information content (AvgIpc) is 3.41. The Morgan fingerprint density at radius 3 is 2.74 bits per heavy atom.